The minimum atomic E-state index is -0.134. The number of aromatic nitrogens is 1. The Kier molecular flexibility index (Phi) is 3.38. The molecule has 102 valence electrons. The van der Waals surface area contributed by atoms with Crippen molar-refractivity contribution in [2.24, 2.45) is 0 Å². The first-order valence-corrected chi connectivity index (χ1v) is 6.95. The second kappa shape index (κ2) is 5.17. The number of nitrogens with zero attached hydrogens (tertiary/aromatic N) is 3. The molecule has 0 bridgehead atoms. The molecule has 0 saturated carbocycles. The van der Waals surface area contributed by atoms with Gasteiger partial charge < -0.3 is 10.2 Å². The lowest BCUT2D eigenvalue weighted by Crippen LogP contribution is -2.58. The fourth-order valence-corrected chi connectivity index (χ4v) is 2.84. The maximum atomic E-state index is 11.4. The number of likely N-dealkylation sites (tertiary alicyclic amines) is 1. The summed E-state index contributed by atoms with van der Waals surface area (Å²) in [6, 6.07) is 4.48. The number of amides is 1. The minimum absolute atomic E-state index is 0.134. The van der Waals surface area contributed by atoms with Gasteiger partial charge in [-0.25, -0.2) is 4.98 Å². The third-order valence-corrected chi connectivity index (χ3v) is 4.09. The van der Waals surface area contributed by atoms with Crippen LogP contribution in [0.4, 0.5) is 5.69 Å². The molecule has 1 aromatic heterocycles. The zero-order chi connectivity index (χ0) is 13.2. The van der Waals surface area contributed by atoms with Crippen LogP contribution in [-0.4, -0.2) is 55.1 Å². The zero-order valence-electron chi connectivity index (χ0n) is 11.3. The molecule has 2 fully saturated rings. The molecule has 0 aliphatic carbocycles. The highest BCUT2D eigenvalue weighted by Gasteiger charge is 2.33. The highest BCUT2D eigenvalue weighted by molar-refractivity contribution is 5.92. The van der Waals surface area contributed by atoms with Gasteiger partial charge in [0.2, 0.25) is 0 Å². The van der Waals surface area contributed by atoms with Crippen molar-refractivity contribution in [3.8, 4) is 0 Å². The van der Waals surface area contributed by atoms with E-state index >= 15 is 0 Å². The Bertz CT molecular complexity index is 447. The van der Waals surface area contributed by atoms with E-state index in [4.69, 9.17) is 0 Å². The maximum Gasteiger partial charge on any atom is 0.269 e. The Morgan fingerprint density at radius 3 is 2.63 bits per heavy atom. The molecule has 0 atom stereocenters. The molecule has 3 heterocycles. The summed E-state index contributed by atoms with van der Waals surface area (Å²) >= 11 is 0. The highest BCUT2D eigenvalue weighted by Crippen LogP contribution is 2.25. The average molecular weight is 260 g/mol. The van der Waals surface area contributed by atoms with Gasteiger partial charge in [-0.05, 0) is 38.1 Å². The van der Waals surface area contributed by atoms with Crippen LogP contribution >= 0.6 is 0 Å². The van der Waals surface area contributed by atoms with E-state index in [1.54, 1.807) is 19.3 Å². The largest absolute Gasteiger partial charge is 0.367 e. The van der Waals surface area contributed by atoms with Crippen LogP contribution in [0.25, 0.3) is 0 Å². The average Bonchev–Trinajstić information content (AvgIpc) is 2.91. The van der Waals surface area contributed by atoms with Crippen molar-refractivity contribution >= 4 is 11.6 Å². The van der Waals surface area contributed by atoms with Gasteiger partial charge in [0.05, 0.1) is 11.9 Å². The summed E-state index contributed by atoms with van der Waals surface area (Å²) in [7, 11) is 1.62. The van der Waals surface area contributed by atoms with E-state index < -0.39 is 0 Å². The molecule has 1 N–H and O–H groups in total. The number of pyridine rings is 1. The first-order valence-electron chi connectivity index (χ1n) is 6.95. The summed E-state index contributed by atoms with van der Waals surface area (Å²) in [5.74, 6) is -0.134. The molecule has 1 aromatic rings. The second-order valence-corrected chi connectivity index (χ2v) is 5.28. The first kappa shape index (κ1) is 12.4. The van der Waals surface area contributed by atoms with Gasteiger partial charge in [0, 0.05) is 26.2 Å². The Hall–Kier alpha value is -1.62. The molecule has 2 saturated heterocycles. The fourth-order valence-electron chi connectivity index (χ4n) is 2.84. The molecule has 0 spiro atoms. The van der Waals surface area contributed by atoms with Crippen molar-refractivity contribution < 1.29 is 4.79 Å². The molecule has 19 heavy (non-hydrogen) atoms. The van der Waals surface area contributed by atoms with Gasteiger partial charge in [0.15, 0.2) is 0 Å². The van der Waals surface area contributed by atoms with E-state index in [1.165, 1.54) is 25.9 Å². The SMILES string of the molecule is CNC(=O)c1ccc(N2CC(N3CCCC3)C2)cn1. The topological polar surface area (TPSA) is 48.5 Å². The Labute approximate surface area is 113 Å². The lowest BCUT2D eigenvalue weighted by molar-refractivity contribution is 0.0958. The smallest absolute Gasteiger partial charge is 0.269 e. The molecular weight excluding hydrogens is 240 g/mol. The van der Waals surface area contributed by atoms with Crippen LogP contribution in [0.5, 0.6) is 0 Å². The first-order chi connectivity index (χ1) is 9.28. The summed E-state index contributed by atoms with van der Waals surface area (Å²) in [4.78, 5) is 20.5. The van der Waals surface area contributed by atoms with Crippen LogP contribution in [0.15, 0.2) is 18.3 Å². The molecule has 5 heteroatoms. The van der Waals surface area contributed by atoms with Gasteiger partial charge in [-0.1, -0.05) is 0 Å². The third-order valence-electron chi connectivity index (χ3n) is 4.09. The van der Waals surface area contributed by atoms with Crippen molar-refractivity contribution in [3.63, 3.8) is 0 Å². The molecule has 1 amide bonds. The van der Waals surface area contributed by atoms with Gasteiger partial charge in [-0.15, -0.1) is 0 Å². The zero-order valence-corrected chi connectivity index (χ0v) is 11.3. The lowest BCUT2D eigenvalue weighted by atomic mass is 10.1. The summed E-state index contributed by atoms with van der Waals surface area (Å²) in [6.45, 7) is 4.68. The monoisotopic (exact) mass is 260 g/mol. The van der Waals surface area contributed by atoms with Crippen LogP contribution in [0, 0.1) is 0 Å². The fraction of sp³-hybridized carbons (Fsp3) is 0.571. The maximum absolute atomic E-state index is 11.4. The van der Waals surface area contributed by atoms with E-state index in [9.17, 15) is 4.79 Å². The van der Waals surface area contributed by atoms with Crippen LogP contribution in [0.2, 0.25) is 0 Å². The third kappa shape index (κ3) is 2.42. The molecule has 0 unspecified atom stereocenters. The normalized spacial score (nSPS) is 20.4. The van der Waals surface area contributed by atoms with E-state index in [2.05, 4.69) is 20.1 Å². The predicted molar refractivity (Wildman–Crippen MR) is 74.4 cm³/mol. The Morgan fingerprint density at radius 2 is 2.05 bits per heavy atom. The molecule has 0 aromatic carbocycles. The number of rotatable bonds is 3. The van der Waals surface area contributed by atoms with Gasteiger partial charge in [0.25, 0.3) is 5.91 Å². The number of carbonyl (C=O) groups is 1. The van der Waals surface area contributed by atoms with Crippen LogP contribution < -0.4 is 10.2 Å². The Morgan fingerprint density at radius 1 is 1.32 bits per heavy atom. The van der Waals surface area contributed by atoms with E-state index in [-0.39, 0.29) is 5.91 Å². The van der Waals surface area contributed by atoms with Crippen molar-refractivity contribution in [2.75, 3.05) is 38.1 Å². The highest BCUT2D eigenvalue weighted by atomic mass is 16.1. The number of anilines is 1. The van der Waals surface area contributed by atoms with Crippen LogP contribution in [0.1, 0.15) is 23.3 Å². The lowest BCUT2D eigenvalue weighted by Gasteiger charge is -2.45. The molecule has 2 aliphatic rings. The van der Waals surface area contributed by atoms with Gasteiger partial charge in [0.1, 0.15) is 5.69 Å². The number of carbonyl (C=O) groups excluding carboxylic acids is 1. The van der Waals surface area contributed by atoms with Gasteiger partial charge in [-0.2, -0.15) is 0 Å². The van der Waals surface area contributed by atoms with Crippen molar-refractivity contribution in [2.45, 2.75) is 18.9 Å². The second-order valence-electron chi connectivity index (χ2n) is 5.28. The number of hydrogen-bond donors (Lipinski definition) is 1. The van der Waals surface area contributed by atoms with Crippen LogP contribution in [-0.2, 0) is 0 Å². The number of hydrogen-bond acceptors (Lipinski definition) is 4. The quantitative estimate of drug-likeness (QED) is 0.870. The predicted octanol–water partition coefficient (Wildman–Crippen LogP) is 0.726. The minimum Gasteiger partial charge on any atom is -0.367 e. The van der Waals surface area contributed by atoms with E-state index in [0.29, 0.717) is 11.7 Å². The molecule has 2 aliphatic heterocycles. The van der Waals surface area contributed by atoms with Gasteiger partial charge in [-0.3, -0.25) is 9.69 Å². The van der Waals surface area contributed by atoms with Crippen molar-refractivity contribution in [1.29, 1.82) is 0 Å². The summed E-state index contributed by atoms with van der Waals surface area (Å²) in [5, 5.41) is 2.58. The van der Waals surface area contributed by atoms with Crippen molar-refractivity contribution in [1.82, 2.24) is 15.2 Å². The van der Waals surface area contributed by atoms with Crippen LogP contribution in [0.3, 0.4) is 0 Å². The molecule has 0 radical (unpaired) electrons. The van der Waals surface area contributed by atoms with Gasteiger partial charge >= 0.3 is 0 Å². The van der Waals surface area contributed by atoms with E-state index in [1.807, 2.05) is 6.07 Å². The van der Waals surface area contributed by atoms with Crippen molar-refractivity contribution in [3.05, 3.63) is 24.0 Å². The van der Waals surface area contributed by atoms with E-state index in [0.717, 1.165) is 18.8 Å². The molecule has 5 nitrogen and oxygen atoms in total. The number of nitrogens with one attached hydrogen (secondary N) is 1. The molecule has 3 rings (SSSR count). The summed E-state index contributed by atoms with van der Waals surface area (Å²) in [5.41, 5.74) is 1.59. The summed E-state index contributed by atoms with van der Waals surface area (Å²) in [6.07, 6.45) is 4.49. The Balaban J connectivity index is 1.57. The molecular formula is C14H20N4O. The standard InChI is InChI=1S/C14H20N4O/c1-15-14(19)13-5-4-11(8-16-13)18-9-12(10-18)17-6-2-3-7-17/h4-5,8,12H,2-3,6-7,9-10H2,1H3,(H,15,19). The summed E-state index contributed by atoms with van der Waals surface area (Å²) < 4.78 is 0.